The number of ether oxygens (including phenoxy) is 2. The summed E-state index contributed by atoms with van der Waals surface area (Å²) in [5.41, 5.74) is 2.02. The van der Waals surface area contributed by atoms with Gasteiger partial charge in [0.05, 0.1) is 30.2 Å². The molecular formula is C19H19BrN2O3S2. The van der Waals surface area contributed by atoms with Gasteiger partial charge in [0.2, 0.25) is 5.91 Å². The number of para-hydroxylation sites is 1. The summed E-state index contributed by atoms with van der Waals surface area (Å²) < 4.78 is 13.6. The number of rotatable bonds is 8. The smallest absolute Gasteiger partial charge is 0.230 e. The fourth-order valence-electron chi connectivity index (χ4n) is 2.52. The number of hydrogen-bond acceptors (Lipinski definition) is 6. The van der Waals surface area contributed by atoms with Gasteiger partial charge in [-0.25, -0.2) is 4.98 Å². The quantitative estimate of drug-likeness (QED) is 0.494. The molecule has 5 nitrogen and oxygen atoms in total. The summed E-state index contributed by atoms with van der Waals surface area (Å²) in [6.07, 6.45) is 0.693. The summed E-state index contributed by atoms with van der Waals surface area (Å²) in [5.74, 6) is 1.70. The first kappa shape index (κ1) is 20.0. The number of nitrogens with one attached hydrogen (secondary N) is 1. The van der Waals surface area contributed by atoms with Crippen molar-refractivity contribution in [2.45, 2.75) is 10.8 Å². The molecule has 0 spiro atoms. The highest BCUT2D eigenvalue weighted by Gasteiger charge is 2.11. The number of nitrogens with zero attached hydrogens (tertiary/aromatic N) is 1. The van der Waals surface area contributed by atoms with Crippen molar-refractivity contribution in [2.24, 2.45) is 0 Å². The predicted molar refractivity (Wildman–Crippen MR) is 114 cm³/mol. The van der Waals surface area contributed by atoms with Gasteiger partial charge < -0.3 is 14.8 Å². The zero-order valence-corrected chi connectivity index (χ0v) is 18.2. The average molecular weight is 467 g/mol. The molecule has 3 aromatic rings. The number of amides is 1. The van der Waals surface area contributed by atoms with Gasteiger partial charge in [0.25, 0.3) is 0 Å². The van der Waals surface area contributed by atoms with E-state index in [-0.39, 0.29) is 5.91 Å². The van der Waals surface area contributed by atoms with Crippen molar-refractivity contribution >= 4 is 55.2 Å². The fraction of sp³-hybridized carbons (Fsp3) is 0.263. The van der Waals surface area contributed by atoms with E-state index in [4.69, 9.17) is 9.47 Å². The number of halogens is 1. The van der Waals surface area contributed by atoms with Crippen LogP contribution in [0.15, 0.2) is 45.2 Å². The fourth-order valence-corrected chi connectivity index (χ4v) is 4.93. The lowest BCUT2D eigenvalue weighted by atomic mass is 10.1. The van der Waals surface area contributed by atoms with Crippen LogP contribution in [0.5, 0.6) is 11.5 Å². The summed E-state index contributed by atoms with van der Waals surface area (Å²) in [7, 11) is 3.21. The third-order valence-corrected chi connectivity index (χ3v) is 6.79. The van der Waals surface area contributed by atoms with Gasteiger partial charge in [-0.05, 0) is 36.2 Å². The van der Waals surface area contributed by atoms with Crippen LogP contribution in [0.4, 0.5) is 0 Å². The van der Waals surface area contributed by atoms with E-state index in [0.29, 0.717) is 30.2 Å². The number of hydrogen-bond donors (Lipinski definition) is 1. The monoisotopic (exact) mass is 466 g/mol. The van der Waals surface area contributed by atoms with Crippen LogP contribution in [-0.2, 0) is 11.2 Å². The first-order valence-corrected chi connectivity index (χ1v) is 10.9. The zero-order chi connectivity index (χ0) is 19.2. The zero-order valence-electron chi connectivity index (χ0n) is 15.0. The Morgan fingerprint density at radius 2 is 1.96 bits per heavy atom. The van der Waals surface area contributed by atoms with Crippen LogP contribution < -0.4 is 14.8 Å². The highest BCUT2D eigenvalue weighted by Crippen LogP contribution is 2.33. The second-order valence-electron chi connectivity index (χ2n) is 5.63. The second kappa shape index (κ2) is 9.43. The molecule has 1 amide bonds. The predicted octanol–water partition coefficient (Wildman–Crippen LogP) is 4.53. The SMILES string of the molecule is COc1cc(Br)c(CCNC(=O)CSc2nc3ccccc3s2)cc1OC. The van der Waals surface area contributed by atoms with Crippen molar-refractivity contribution in [3.8, 4) is 11.5 Å². The molecule has 27 heavy (non-hydrogen) atoms. The number of fused-ring (bicyclic) bond motifs is 1. The molecule has 1 heterocycles. The maximum Gasteiger partial charge on any atom is 0.230 e. The van der Waals surface area contributed by atoms with E-state index >= 15 is 0 Å². The maximum atomic E-state index is 12.1. The lowest BCUT2D eigenvalue weighted by Crippen LogP contribution is -2.27. The van der Waals surface area contributed by atoms with Crippen molar-refractivity contribution in [1.82, 2.24) is 10.3 Å². The van der Waals surface area contributed by atoms with Gasteiger partial charge in [-0.2, -0.15) is 0 Å². The minimum atomic E-state index is -0.00384. The summed E-state index contributed by atoms with van der Waals surface area (Å²) in [6.45, 7) is 0.549. The number of thiazole rings is 1. The van der Waals surface area contributed by atoms with Crippen LogP contribution in [-0.4, -0.2) is 37.4 Å². The van der Waals surface area contributed by atoms with E-state index in [1.165, 1.54) is 11.8 Å². The Morgan fingerprint density at radius 3 is 2.70 bits per heavy atom. The van der Waals surface area contributed by atoms with E-state index in [0.717, 1.165) is 24.6 Å². The van der Waals surface area contributed by atoms with Crippen LogP contribution in [0.3, 0.4) is 0 Å². The van der Waals surface area contributed by atoms with E-state index in [1.807, 2.05) is 36.4 Å². The van der Waals surface area contributed by atoms with Gasteiger partial charge in [0.1, 0.15) is 0 Å². The third-order valence-electron chi connectivity index (χ3n) is 3.87. The number of carbonyl (C=O) groups is 1. The molecule has 0 aliphatic rings. The molecule has 0 saturated heterocycles. The van der Waals surface area contributed by atoms with E-state index in [1.54, 1.807) is 25.6 Å². The van der Waals surface area contributed by atoms with Crippen molar-refractivity contribution < 1.29 is 14.3 Å². The molecular weight excluding hydrogens is 448 g/mol. The van der Waals surface area contributed by atoms with Gasteiger partial charge >= 0.3 is 0 Å². The maximum absolute atomic E-state index is 12.1. The Bertz CT molecular complexity index is 913. The lowest BCUT2D eigenvalue weighted by molar-refractivity contribution is -0.118. The molecule has 0 fully saturated rings. The Morgan fingerprint density at radius 1 is 1.22 bits per heavy atom. The molecule has 1 aromatic heterocycles. The summed E-state index contributed by atoms with van der Waals surface area (Å²) in [4.78, 5) is 16.6. The van der Waals surface area contributed by atoms with Gasteiger partial charge in [-0.1, -0.05) is 39.8 Å². The normalized spacial score (nSPS) is 10.8. The van der Waals surface area contributed by atoms with E-state index in [9.17, 15) is 4.79 Å². The number of aromatic nitrogens is 1. The van der Waals surface area contributed by atoms with Crippen LogP contribution in [0, 0.1) is 0 Å². The number of carbonyl (C=O) groups excluding carboxylic acids is 1. The van der Waals surface area contributed by atoms with Crippen molar-refractivity contribution in [1.29, 1.82) is 0 Å². The minimum absolute atomic E-state index is 0.00384. The van der Waals surface area contributed by atoms with Crippen LogP contribution in [0.2, 0.25) is 0 Å². The Hall–Kier alpha value is -1.77. The molecule has 0 aliphatic heterocycles. The summed E-state index contributed by atoms with van der Waals surface area (Å²) >= 11 is 6.61. The highest BCUT2D eigenvalue weighted by molar-refractivity contribution is 9.10. The Balaban J connectivity index is 1.49. The van der Waals surface area contributed by atoms with Crippen molar-refractivity contribution in [3.63, 3.8) is 0 Å². The minimum Gasteiger partial charge on any atom is -0.493 e. The number of benzene rings is 2. The molecule has 2 aromatic carbocycles. The van der Waals surface area contributed by atoms with E-state index in [2.05, 4.69) is 26.2 Å². The molecule has 0 aliphatic carbocycles. The van der Waals surface area contributed by atoms with Gasteiger partial charge in [-0.15, -0.1) is 11.3 Å². The van der Waals surface area contributed by atoms with Gasteiger partial charge in [0.15, 0.2) is 15.8 Å². The average Bonchev–Trinajstić information content (AvgIpc) is 3.10. The van der Waals surface area contributed by atoms with Crippen molar-refractivity contribution in [2.75, 3.05) is 26.5 Å². The first-order valence-electron chi connectivity index (χ1n) is 8.26. The summed E-state index contributed by atoms with van der Waals surface area (Å²) in [5, 5.41) is 2.95. The van der Waals surface area contributed by atoms with E-state index < -0.39 is 0 Å². The molecule has 0 saturated carbocycles. The molecule has 1 N–H and O–H groups in total. The molecule has 8 heteroatoms. The topological polar surface area (TPSA) is 60.5 Å². The van der Waals surface area contributed by atoms with Gasteiger partial charge in [0, 0.05) is 11.0 Å². The number of thioether (sulfide) groups is 1. The molecule has 3 rings (SSSR count). The van der Waals surface area contributed by atoms with Crippen molar-refractivity contribution in [3.05, 3.63) is 46.4 Å². The molecule has 0 radical (unpaired) electrons. The molecule has 0 atom stereocenters. The molecule has 0 bridgehead atoms. The first-order chi connectivity index (χ1) is 13.1. The van der Waals surface area contributed by atoms with Crippen LogP contribution >= 0.6 is 39.0 Å². The van der Waals surface area contributed by atoms with Gasteiger partial charge in [-0.3, -0.25) is 4.79 Å². The highest BCUT2D eigenvalue weighted by atomic mass is 79.9. The third kappa shape index (κ3) is 5.15. The largest absolute Gasteiger partial charge is 0.493 e. The lowest BCUT2D eigenvalue weighted by Gasteiger charge is -2.12. The standard InChI is InChI=1S/C19H19BrN2O3S2/c1-24-15-9-12(13(20)10-16(15)25-2)7-8-21-18(23)11-26-19-22-14-5-3-4-6-17(14)27-19/h3-6,9-10H,7-8,11H2,1-2H3,(H,21,23). The Labute approximate surface area is 174 Å². The number of methoxy groups -OCH3 is 2. The van der Waals surface area contributed by atoms with Crippen LogP contribution in [0.1, 0.15) is 5.56 Å². The molecule has 142 valence electrons. The Kier molecular flexibility index (Phi) is 6.98. The summed E-state index contributed by atoms with van der Waals surface area (Å²) in [6, 6.07) is 11.8. The van der Waals surface area contributed by atoms with Crippen LogP contribution in [0.25, 0.3) is 10.2 Å². The molecule has 0 unspecified atom stereocenters. The second-order valence-corrected chi connectivity index (χ2v) is 8.74.